The molecule has 0 radical (unpaired) electrons. The van der Waals surface area contributed by atoms with Gasteiger partial charge >= 0.3 is 0 Å². The van der Waals surface area contributed by atoms with Gasteiger partial charge in [-0.2, -0.15) is 0 Å². The summed E-state index contributed by atoms with van der Waals surface area (Å²) in [6.07, 6.45) is 3.04. The fraction of sp³-hybridized carbons (Fsp3) is 0.269. The van der Waals surface area contributed by atoms with Crippen molar-refractivity contribution in [2.75, 3.05) is 11.4 Å². The number of rotatable bonds is 3. The van der Waals surface area contributed by atoms with E-state index in [0.717, 1.165) is 25.3 Å². The second-order valence-corrected chi connectivity index (χ2v) is 8.13. The topological polar surface area (TPSA) is 21.1 Å². The summed E-state index contributed by atoms with van der Waals surface area (Å²) >= 11 is 0. The third kappa shape index (κ3) is 2.93. The fourth-order valence-corrected chi connectivity index (χ4v) is 4.81. The minimum atomic E-state index is 0.318. The predicted molar refractivity (Wildman–Crippen MR) is 121 cm³/mol. The summed E-state index contributed by atoms with van der Waals surface area (Å²) in [6, 6.07) is 22.1. The molecule has 2 aromatic carbocycles. The Labute approximate surface area is 172 Å². The Morgan fingerprint density at radius 2 is 1.72 bits per heavy atom. The van der Waals surface area contributed by atoms with Gasteiger partial charge < -0.3 is 9.47 Å². The molecule has 3 heterocycles. The van der Waals surface area contributed by atoms with Crippen LogP contribution in [0.15, 0.2) is 66.9 Å². The quantitative estimate of drug-likeness (QED) is 0.445. The molecule has 0 aliphatic carbocycles. The molecule has 4 aromatic rings. The molecule has 1 aliphatic rings. The first-order valence-corrected chi connectivity index (χ1v) is 10.5. The van der Waals surface area contributed by atoms with Gasteiger partial charge in [0, 0.05) is 30.4 Å². The van der Waals surface area contributed by atoms with Crippen LogP contribution < -0.4 is 4.90 Å². The third-order valence-corrected chi connectivity index (χ3v) is 6.58. The zero-order valence-corrected chi connectivity index (χ0v) is 17.4. The van der Waals surface area contributed by atoms with Crippen molar-refractivity contribution in [2.24, 2.45) is 0 Å². The molecule has 1 unspecified atom stereocenters. The number of pyridine rings is 1. The van der Waals surface area contributed by atoms with Crippen molar-refractivity contribution >= 4 is 16.7 Å². The fourth-order valence-electron chi connectivity index (χ4n) is 4.81. The SMILES string of the molecule is Cc1c(C)n(Cc2ccccc2)c2c(N3CCc4ccccc4C3C)nccc12. The minimum absolute atomic E-state index is 0.318. The van der Waals surface area contributed by atoms with Gasteiger partial charge in [-0.15, -0.1) is 0 Å². The van der Waals surface area contributed by atoms with Crippen LogP contribution in [0.3, 0.4) is 0 Å². The van der Waals surface area contributed by atoms with Crippen LogP contribution in [0.5, 0.6) is 0 Å². The number of fused-ring (bicyclic) bond motifs is 2. The van der Waals surface area contributed by atoms with Gasteiger partial charge in [-0.25, -0.2) is 4.98 Å². The molecule has 0 spiro atoms. The summed E-state index contributed by atoms with van der Waals surface area (Å²) in [4.78, 5) is 7.41. The van der Waals surface area contributed by atoms with Crippen LogP contribution in [0.2, 0.25) is 0 Å². The zero-order chi connectivity index (χ0) is 20.0. The molecule has 3 nitrogen and oxygen atoms in total. The first-order valence-electron chi connectivity index (χ1n) is 10.5. The molecule has 0 bridgehead atoms. The maximum absolute atomic E-state index is 4.92. The highest BCUT2D eigenvalue weighted by Crippen LogP contribution is 2.38. The van der Waals surface area contributed by atoms with E-state index in [-0.39, 0.29) is 0 Å². The van der Waals surface area contributed by atoms with E-state index in [1.54, 1.807) is 0 Å². The Hall–Kier alpha value is -3.07. The molecular formula is C26H27N3. The Balaban J connectivity index is 1.66. The number of hydrogen-bond donors (Lipinski definition) is 0. The standard InChI is InChI=1S/C26H27N3/c1-18-19(2)29(17-21-9-5-4-6-10-21)25-23(18)13-15-27-26(25)28-16-14-22-11-7-8-12-24(22)20(28)3/h4-13,15,20H,14,16-17H2,1-3H3. The van der Waals surface area contributed by atoms with E-state index < -0.39 is 0 Å². The lowest BCUT2D eigenvalue weighted by Gasteiger charge is -2.36. The highest BCUT2D eigenvalue weighted by Gasteiger charge is 2.27. The zero-order valence-electron chi connectivity index (χ0n) is 17.4. The second kappa shape index (κ2) is 7.07. The van der Waals surface area contributed by atoms with Crippen molar-refractivity contribution in [3.63, 3.8) is 0 Å². The van der Waals surface area contributed by atoms with Crippen LogP contribution in [0.1, 0.15) is 40.9 Å². The molecule has 0 saturated carbocycles. The van der Waals surface area contributed by atoms with Crippen LogP contribution in [-0.2, 0) is 13.0 Å². The molecule has 1 atom stereocenters. The molecule has 2 aromatic heterocycles. The minimum Gasteiger partial charge on any atom is -0.348 e. The summed E-state index contributed by atoms with van der Waals surface area (Å²) < 4.78 is 2.45. The highest BCUT2D eigenvalue weighted by molar-refractivity contribution is 5.94. The summed E-state index contributed by atoms with van der Waals surface area (Å²) in [5.74, 6) is 1.11. The average molecular weight is 382 g/mol. The van der Waals surface area contributed by atoms with E-state index >= 15 is 0 Å². The lowest BCUT2D eigenvalue weighted by atomic mass is 9.93. The van der Waals surface area contributed by atoms with Gasteiger partial charge in [0.2, 0.25) is 0 Å². The molecule has 0 N–H and O–H groups in total. The first-order chi connectivity index (χ1) is 14.1. The molecule has 146 valence electrons. The third-order valence-electron chi connectivity index (χ3n) is 6.58. The van der Waals surface area contributed by atoms with Crippen LogP contribution in [0.4, 0.5) is 5.82 Å². The van der Waals surface area contributed by atoms with Crippen LogP contribution in [-0.4, -0.2) is 16.1 Å². The smallest absolute Gasteiger partial charge is 0.153 e. The summed E-state index contributed by atoms with van der Waals surface area (Å²) in [5.41, 5.74) is 8.15. The number of hydrogen-bond acceptors (Lipinski definition) is 2. The largest absolute Gasteiger partial charge is 0.348 e. The molecule has 0 fully saturated rings. The van der Waals surface area contributed by atoms with E-state index in [1.165, 1.54) is 38.9 Å². The van der Waals surface area contributed by atoms with Crippen LogP contribution >= 0.6 is 0 Å². The van der Waals surface area contributed by atoms with Crippen molar-refractivity contribution in [1.29, 1.82) is 0 Å². The van der Waals surface area contributed by atoms with Gasteiger partial charge in [-0.1, -0.05) is 54.6 Å². The lowest BCUT2D eigenvalue weighted by Crippen LogP contribution is -2.34. The molecule has 0 amide bonds. The first kappa shape index (κ1) is 18.0. The van der Waals surface area contributed by atoms with Crippen molar-refractivity contribution in [3.8, 4) is 0 Å². The summed E-state index contributed by atoms with van der Waals surface area (Å²) in [7, 11) is 0. The van der Waals surface area contributed by atoms with Gasteiger partial charge in [0.25, 0.3) is 0 Å². The second-order valence-electron chi connectivity index (χ2n) is 8.13. The van der Waals surface area contributed by atoms with E-state index in [4.69, 9.17) is 4.98 Å². The number of anilines is 1. The molecule has 29 heavy (non-hydrogen) atoms. The Morgan fingerprint density at radius 1 is 0.966 bits per heavy atom. The normalized spacial score (nSPS) is 16.2. The van der Waals surface area contributed by atoms with Gasteiger partial charge in [0.1, 0.15) is 0 Å². The Morgan fingerprint density at radius 3 is 2.55 bits per heavy atom. The van der Waals surface area contributed by atoms with Crippen molar-refractivity contribution in [1.82, 2.24) is 9.55 Å². The summed E-state index contributed by atoms with van der Waals surface area (Å²) in [6.45, 7) is 8.64. The van der Waals surface area contributed by atoms with Crippen molar-refractivity contribution < 1.29 is 0 Å². The van der Waals surface area contributed by atoms with E-state index in [9.17, 15) is 0 Å². The number of nitrogens with zero attached hydrogens (tertiary/aromatic N) is 3. The van der Waals surface area contributed by atoms with Gasteiger partial charge in [-0.05, 0) is 55.5 Å². The lowest BCUT2D eigenvalue weighted by molar-refractivity contribution is 0.617. The summed E-state index contributed by atoms with van der Waals surface area (Å²) in [5, 5.41) is 1.31. The van der Waals surface area contributed by atoms with E-state index in [1.807, 2.05) is 6.20 Å². The average Bonchev–Trinajstić information content (AvgIpc) is 3.00. The van der Waals surface area contributed by atoms with Gasteiger partial charge in [0.15, 0.2) is 5.82 Å². The molecular weight excluding hydrogens is 354 g/mol. The Bertz CT molecular complexity index is 1170. The highest BCUT2D eigenvalue weighted by atomic mass is 15.2. The number of benzene rings is 2. The monoisotopic (exact) mass is 381 g/mol. The molecule has 5 rings (SSSR count). The Kier molecular flexibility index (Phi) is 4.39. The van der Waals surface area contributed by atoms with Crippen LogP contribution in [0, 0.1) is 13.8 Å². The van der Waals surface area contributed by atoms with Crippen molar-refractivity contribution in [2.45, 2.75) is 39.8 Å². The molecule has 1 aliphatic heterocycles. The maximum Gasteiger partial charge on any atom is 0.153 e. The van der Waals surface area contributed by atoms with Crippen molar-refractivity contribution in [3.05, 3.63) is 94.8 Å². The predicted octanol–water partition coefficient (Wildman–Crippen LogP) is 5.83. The van der Waals surface area contributed by atoms with E-state index in [0.29, 0.717) is 6.04 Å². The molecule has 0 saturated heterocycles. The van der Waals surface area contributed by atoms with E-state index in [2.05, 4.69) is 90.9 Å². The number of aryl methyl sites for hydroxylation is 1. The van der Waals surface area contributed by atoms with Crippen LogP contribution in [0.25, 0.3) is 10.9 Å². The number of aromatic nitrogens is 2. The van der Waals surface area contributed by atoms with Gasteiger partial charge in [0.05, 0.1) is 11.6 Å². The van der Waals surface area contributed by atoms with Gasteiger partial charge in [-0.3, -0.25) is 0 Å². The maximum atomic E-state index is 4.92. The molecule has 3 heteroatoms.